The molecule has 3 nitrogen and oxygen atoms in total. The summed E-state index contributed by atoms with van der Waals surface area (Å²) in [5, 5.41) is 2.79. The smallest absolute Gasteiger partial charge is 0.182 e. The molecule has 18 heavy (non-hydrogen) atoms. The monoisotopic (exact) mass is 333 g/mol. The van der Waals surface area contributed by atoms with E-state index in [-0.39, 0.29) is 6.04 Å². The number of hydrogen-bond donors (Lipinski definition) is 1. The number of hydrogen-bond acceptors (Lipinski definition) is 3. The lowest BCUT2D eigenvalue weighted by atomic mass is 10.2. The van der Waals surface area contributed by atoms with E-state index in [9.17, 15) is 8.42 Å². The fourth-order valence-corrected chi connectivity index (χ4v) is 3.84. The van der Waals surface area contributed by atoms with Crippen molar-refractivity contribution < 1.29 is 8.42 Å². The minimum Gasteiger partial charge on any atom is -0.313 e. The maximum absolute atomic E-state index is 12.4. The Bertz CT molecular complexity index is 488. The van der Waals surface area contributed by atoms with Gasteiger partial charge in [-0.05, 0) is 45.0 Å². The van der Waals surface area contributed by atoms with Crippen LogP contribution >= 0.6 is 15.9 Å². The third-order valence-corrected chi connectivity index (χ3v) is 5.83. The van der Waals surface area contributed by atoms with E-state index in [1.807, 2.05) is 13.0 Å². The van der Waals surface area contributed by atoms with Crippen molar-refractivity contribution in [1.82, 2.24) is 5.32 Å². The fraction of sp³-hybridized carbons (Fsp3) is 0.538. The lowest BCUT2D eigenvalue weighted by Gasteiger charge is -2.21. The molecular weight excluding hydrogens is 314 g/mol. The van der Waals surface area contributed by atoms with Crippen molar-refractivity contribution in [3.63, 3.8) is 0 Å². The Labute approximate surface area is 118 Å². The highest BCUT2D eigenvalue weighted by Crippen LogP contribution is 2.21. The highest BCUT2D eigenvalue weighted by molar-refractivity contribution is 9.10. The molecule has 0 aliphatic rings. The summed E-state index contributed by atoms with van der Waals surface area (Å²) in [5.41, 5.74) is 0. The van der Waals surface area contributed by atoms with E-state index in [4.69, 9.17) is 0 Å². The second-order valence-corrected chi connectivity index (χ2v) is 7.67. The molecule has 0 aliphatic carbocycles. The molecule has 0 aliphatic heterocycles. The van der Waals surface area contributed by atoms with E-state index in [2.05, 4.69) is 28.2 Å². The van der Waals surface area contributed by atoms with Gasteiger partial charge in [0.2, 0.25) is 0 Å². The zero-order valence-electron chi connectivity index (χ0n) is 11.0. The second-order valence-electron chi connectivity index (χ2n) is 4.45. The zero-order chi connectivity index (χ0) is 13.8. The van der Waals surface area contributed by atoms with E-state index in [0.29, 0.717) is 4.90 Å². The largest absolute Gasteiger partial charge is 0.313 e. The maximum Gasteiger partial charge on any atom is 0.182 e. The maximum atomic E-state index is 12.4. The molecule has 102 valence electrons. The van der Waals surface area contributed by atoms with Gasteiger partial charge in [0.15, 0.2) is 9.84 Å². The molecule has 2 unspecified atom stereocenters. The van der Waals surface area contributed by atoms with E-state index in [0.717, 1.165) is 17.4 Å². The summed E-state index contributed by atoms with van der Waals surface area (Å²) in [4.78, 5) is 0.370. The molecule has 0 radical (unpaired) electrons. The lowest BCUT2D eigenvalue weighted by Crippen LogP contribution is -2.40. The van der Waals surface area contributed by atoms with Crippen LogP contribution < -0.4 is 5.32 Å². The summed E-state index contributed by atoms with van der Waals surface area (Å²) in [7, 11) is -3.28. The van der Waals surface area contributed by atoms with Crippen molar-refractivity contribution >= 4 is 25.8 Å². The van der Waals surface area contributed by atoms with Crippen LogP contribution in [0.25, 0.3) is 0 Å². The van der Waals surface area contributed by atoms with Crippen LogP contribution in [0.4, 0.5) is 0 Å². The van der Waals surface area contributed by atoms with Gasteiger partial charge in [-0.15, -0.1) is 0 Å². The number of halogens is 1. The first-order valence-corrected chi connectivity index (χ1v) is 8.46. The molecule has 0 spiro atoms. The van der Waals surface area contributed by atoms with E-state index in [1.165, 1.54) is 0 Å². The van der Waals surface area contributed by atoms with Crippen LogP contribution in [0.5, 0.6) is 0 Å². The minimum atomic E-state index is -3.28. The molecule has 1 aromatic rings. The highest BCUT2D eigenvalue weighted by Gasteiger charge is 2.27. The Morgan fingerprint density at radius 1 is 1.33 bits per heavy atom. The van der Waals surface area contributed by atoms with Gasteiger partial charge in [0.05, 0.1) is 10.1 Å². The third kappa shape index (κ3) is 3.80. The molecule has 0 amide bonds. The van der Waals surface area contributed by atoms with Gasteiger partial charge in [-0.1, -0.05) is 28.9 Å². The molecule has 1 N–H and O–H groups in total. The molecule has 0 saturated carbocycles. The first kappa shape index (κ1) is 15.7. The Hall–Kier alpha value is -0.390. The van der Waals surface area contributed by atoms with Gasteiger partial charge in [0, 0.05) is 10.5 Å². The van der Waals surface area contributed by atoms with Crippen LogP contribution in [0.3, 0.4) is 0 Å². The van der Waals surface area contributed by atoms with Crippen LogP contribution in [0.15, 0.2) is 33.6 Å². The van der Waals surface area contributed by atoms with Crippen molar-refractivity contribution in [1.29, 1.82) is 0 Å². The molecule has 0 heterocycles. The van der Waals surface area contributed by atoms with Gasteiger partial charge in [-0.3, -0.25) is 0 Å². The predicted molar refractivity (Wildman–Crippen MR) is 78.5 cm³/mol. The Kier molecular flexibility index (Phi) is 5.82. The standard InChI is InChI=1S/C13H20BrNO2S/c1-4-8-15-10(2)11(3)18(16,17)13-7-5-6-12(14)9-13/h5-7,9-11,15H,4,8H2,1-3H3. The Balaban J connectivity index is 2.92. The molecule has 0 bridgehead atoms. The zero-order valence-corrected chi connectivity index (χ0v) is 13.4. The van der Waals surface area contributed by atoms with Gasteiger partial charge < -0.3 is 5.32 Å². The fourth-order valence-electron chi connectivity index (χ4n) is 1.67. The number of sulfone groups is 1. The normalized spacial score (nSPS) is 15.3. The van der Waals surface area contributed by atoms with Gasteiger partial charge >= 0.3 is 0 Å². The van der Waals surface area contributed by atoms with Crippen molar-refractivity contribution in [2.75, 3.05) is 6.54 Å². The number of benzene rings is 1. The summed E-state index contributed by atoms with van der Waals surface area (Å²) in [6.45, 7) is 6.56. The molecule has 5 heteroatoms. The summed E-state index contributed by atoms with van der Waals surface area (Å²) >= 11 is 3.30. The Morgan fingerprint density at radius 3 is 2.56 bits per heavy atom. The van der Waals surface area contributed by atoms with Crippen LogP contribution in [0.2, 0.25) is 0 Å². The second kappa shape index (κ2) is 6.68. The summed E-state index contributed by atoms with van der Waals surface area (Å²) < 4.78 is 25.6. The van der Waals surface area contributed by atoms with Crippen molar-refractivity contribution in [3.05, 3.63) is 28.7 Å². The average molecular weight is 334 g/mol. The van der Waals surface area contributed by atoms with Crippen LogP contribution in [0.1, 0.15) is 27.2 Å². The van der Waals surface area contributed by atoms with E-state index < -0.39 is 15.1 Å². The topological polar surface area (TPSA) is 46.2 Å². The highest BCUT2D eigenvalue weighted by atomic mass is 79.9. The van der Waals surface area contributed by atoms with Gasteiger partial charge in [-0.25, -0.2) is 8.42 Å². The van der Waals surface area contributed by atoms with Crippen molar-refractivity contribution in [3.8, 4) is 0 Å². The van der Waals surface area contributed by atoms with Gasteiger partial charge in [0.1, 0.15) is 0 Å². The molecule has 1 rings (SSSR count). The third-order valence-electron chi connectivity index (χ3n) is 3.03. The molecule has 2 atom stereocenters. The van der Waals surface area contributed by atoms with Crippen molar-refractivity contribution in [2.24, 2.45) is 0 Å². The van der Waals surface area contributed by atoms with Crippen LogP contribution in [-0.4, -0.2) is 26.3 Å². The molecule has 0 saturated heterocycles. The molecular formula is C13H20BrNO2S. The molecule has 0 aromatic heterocycles. The summed E-state index contributed by atoms with van der Waals surface area (Å²) in [6, 6.07) is 6.80. The minimum absolute atomic E-state index is 0.0612. The van der Waals surface area contributed by atoms with E-state index in [1.54, 1.807) is 25.1 Å². The molecule has 1 aromatic carbocycles. The molecule has 0 fully saturated rings. The number of rotatable bonds is 6. The van der Waals surface area contributed by atoms with Crippen molar-refractivity contribution in [2.45, 2.75) is 43.4 Å². The van der Waals surface area contributed by atoms with E-state index >= 15 is 0 Å². The average Bonchev–Trinajstić information content (AvgIpc) is 2.34. The Morgan fingerprint density at radius 2 is 2.00 bits per heavy atom. The van der Waals surface area contributed by atoms with Gasteiger partial charge in [0.25, 0.3) is 0 Å². The first-order valence-electron chi connectivity index (χ1n) is 6.12. The quantitative estimate of drug-likeness (QED) is 0.870. The number of nitrogens with one attached hydrogen (secondary N) is 1. The summed E-state index contributed by atoms with van der Waals surface area (Å²) in [5.74, 6) is 0. The summed E-state index contributed by atoms with van der Waals surface area (Å²) in [6.07, 6.45) is 0.994. The first-order chi connectivity index (χ1) is 8.39. The lowest BCUT2D eigenvalue weighted by molar-refractivity contribution is 0.509. The van der Waals surface area contributed by atoms with Crippen LogP contribution in [0, 0.1) is 0 Å². The predicted octanol–water partition coefficient (Wildman–Crippen LogP) is 3.00. The van der Waals surface area contributed by atoms with Crippen LogP contribution in [-0.2, 0) is 9.84 Å². The van der Waals surface area contributed by atoms with Gasteiger partial charge in [-0.2, -0.15) is 0 Å². The SMILES string of the molecule is CCCNC(C)C(C)S(=O)(=O)c1cccc(Br)c1.